The summed E-state index contributed by atoms with van der Waals surface area (Å²) < 4.78 is 5.98. The first-order chi connectivity index (χ1) is 14.1. The summed E-state index contributed by atoms with van der Waals surface area (Å²) in [6, 6.07) is 10.2. The van der Waals surface area contributed by atoms with E-state index < -0.39 is 0 Å². The van der Waals surface area contributed by atoms with Crippen LogP contribution in [0.15, 0.2) is 35.7 Å². The number of rotatable bonds is 3. The van der Waals surface area contributed by atoms with Gasteiger partial charge in [0, 0.05) is 36.0 Å². The Morgan fingerprint density at radius 2 is 2.10 bits per heavy atom. The van der Waals surface area contributed by atoms with E-state index in [0.717, 1.165) is 57.7 Å². The topological polar surface area (TPSA) is 68.5 Å². The zero-order valence-electron chi connectivity index (χ0n) is 16.3. The summed E-state index contributed by atoms with van der Waals surface area (Å²) in [6.45, 7) is 4.73. The molecule has 5 nitrogen and oxygen atoms in total. The molecule has 0 aliphatic carbocycles. The van der Waals surface area contributed by atoms with Crippen LogP contribution < -0.4 is 10.5 Å². The Hall–Kier alpha value is -2.22. The van der Waals surface area contributed by atoms with E-state index in [1.165, 1.54) is 16.9 Å². The molecule has 29 heavy (non-hydrogen) atoms. The fourth-order valence-electron chi connectivity index (χ4n) is 4.31. The van der Waals surface area contributed by atoms with Gasteiger partial charge in [0.25, 0.3) is 5.91 Å². The highest BCUT2D eigenvalue weighted by atomic mass is 32.1. The summed E-state index contributed by atoms with van der Waals surface area (Å²) >= 11 is 3.17. The molecule has 0 radical (unpaired) electrons. The minimum Gasteiger partial charge on any atom is -0.492 e. The molecule has 0 saturated carbocycles. The van der Waals surface area contributed by atoms with Crippen LogP contribution in [0.2, 0.25) is 0 Å². The largest absolute Gasteiger partial charge is 0.492 e. The van der Waals surface area contributed by atoms with Gasteiger partial charge in [-0.3, -0.25) is 4.79 Å². The Morgan fingerprint density at radius 1 is 1.28 bits per heavy atom. The van der Waals surface area contributed by atoms with Gasteiger partial charge in [0.1, 0.15) is 5.75 Å². The zero-order valence-corrected chi connectivity index (χ0v) is 17.9. The van der Waals surface area contributed by atoms with Crippen LogP contribution in [0, 0.1) is 6.92 Å². The van der Waals surface area contributed by atoms with Gasteiger partial charge in [0.15, 0.2) is 0 Å². The van der Waals surface area contributed by atoms with E-state index in [9.17, 15) is 4.79 Å². The van der Waals surface area contributed by atoms with Crippen molar-refractivity contribution < 1.29 is 9.53 Å². The molecule has 4 heterocycles. The van der Waals surface area contributed by atoms with Gasteiger partial charge >= 0.3 is 0 Å². The van der Waals surface area contributed by atoms with Crippen LogP contribution >= 0.6 is 22.7 Å². The number of thiazole rings is 1. The second-order valence-corrected chi connectivity index (χ2v) is 9.96. The number of aromatic nitrogens is 1. The van der Waals surface area contributed by atoms with E-state index in [1.54, 1.807) is 11.3 Å². The van der Waals surface area contributed by atoms with E-state index >= 15 is 0 Å². The maximum atomic E-state index is 13.1. The van der Waals surface area contributed by atoms with E-state index in [0.29, 0.717) is 13.2 Å². The number of carbonyl (C=O) groups is 1. The van der Waals surface area contributed by atoms with E-state index in [-0.39, 0.29) is 11.3 Å². The molecule has 5 rings (SSSR count). The number of piperidine rings is 1. The number of nitrogens with zero attached hydrogens (tertiary/aromatic N) is 2. The Kier molecular flexibility index (Phi) is 4.69. The second-order valence-electron chi connectivity index (χ2n) is 7.81. The predicted molar refractivity (Wildman–Crippen MR) is 117 cm³/mol. The van der Waals surface area contributed by atoms with Crippen molar-refractivity contribution in [3.05, 3.63) is 56.7 Å². The number of hydrogen-bond acceptors (Lipinski definition) is 6. The second kappa shape index (κ2) is 7.23. The standard InChI is InChI=1S/C22H23N3O2S2/c1-14-24-17(12-28-14)19-4-5-20(29-19)21(26)25-8-6-22(7-9-25)13-27-18-3-2-15(11-23)10-16(18)22/h2-5,10,12H,6-9,11,13,23H2,1H3. The minimum atomic E-state index is 0.00995. The zero-order chi connectivity index (χ0) is 20.0. The highest BCUT2D eigenvalue weighted by Crippen LogP contribution is 2.46. The molecule has 2 N–H and O–H groups in total. The van der Waals surface area contributed by atoms with Crippen molar-refractivity contribution in [2.45, 2.75) is 31.7 Å². The summed E-state index contributed by atoms with van der Waals surface area (Å²) in [7, 11) is 0. The van der Waals surface area contributed by atoms with Crippen LogP contribution in [-0.2, 0) is 12.0 Å². The van der Waals surface area contributed by atoms with Crippen molar-refractivity contribution >= 4 is 28.6 Å². The van der Waals surface area contributed by atoms with Crippen LogP contribution in [0.4, 0.5) is 0 Å². The van der Waals surface area contributed by atoms with E-state index in [1.807, 2.05) is 41.5 Å². The molecule has 1 spiro atoms. The average Bonchev–Trinajstić information content (AvgIpc) is 3.47. The van der Waals surface area contributed by atoms with Crippen LogP contribution in [-0.4, -0.2) is 35.5 Å². The minimum absolute atomic E-state index is 0.00995. The van der Waals surface area contributed by atoms with E-state index in [4.69, 9.17) is 10.5 Å². The quantitative estimate of drug-likeness (QED) is 0.683. The van der Waals surface area contributed by atoms with Gasteiger partial charge in [-0.15, -0.1) is 22.7 Å². The van der Waals surface area contributed by atoms with Gasteiger partial charge in [0.05, 0.1) is 27.1 Å². The lowest BCUT2D eigenvalue weighted by molar-refractivity contribution is 0.0651. The third kappa shape index (κ3) is 3.27. The predicted octanol–water partition coefficient (Wildman–Crippen LogP) is 4.21. The van der Waals surface area contributed by atoms with Crippen molar-refractivity contribution in [2.75, 3.05) is 19.7 Å². The number of amides is 1. The van der Waals surface area contributed by atoms with Crippen LogP contribution in [0.3, 0.4) is 0 Å². The Labute approximate surface area is 178 Å². The number of nitrogens with two attached hydrogens (primary N) is 1. The number of benzene rings is 1. The van der Waals surface area contributed by atoms with Gasteiger partial charge in [-0.05, 0) is 43.5 Å². The number of aryl methyl sites for hydroxylation is 1. The third-order valence-electron chi connectivity index (χ3n) is 6.05. The molecular weight excluding hydrogens is 402 g/mol. The molecule has 7 heteroatoms. The lowest BCUT2D eigenvalue weighted by Gasteiger charge is -2.38. The van der Waals surface area contributed by atoms with Crippen molar-refractivity contribution in [2.24, 2.45) is 5.73 Å². The summed E-state index contributed by atoms with van der Waals surface area (Å²) in [5, 5.41) is 3.09. The van der Waals surface area contributed by atoms with Crippen LogP contribution in [0.1, 0.15) is 38.6 Å². The Bertz CT molecular complexity index is 1060. The lowest BCUT2D eigenvalue weighted by atomic mass is 9.74. The molecule has 0 bridgehead atoms. The lowest BCUT2D eigenvalue weighted by Crippen LogP contribution is -2.45. The normalized spacial score (nSPS) is 17.4. The van der Waals surface area contributed by atoms with Crippen molar-refractivity contribution in [1.82, 2.24) is 9.88 Å². The number of carbonyl (C=O) groups excluding carboxylic acids is 1. The number of fused-ring (bicyclic) bond motifs is 2. The molecule has 0 atom stereocenters. The van der Waals surface area contributed by atoms with Crippen LogP contribution in [0.25, 0.3) is 10.6 Å². The van der Waals surface area contributed by atoms with Gasteiger partial charge in [-0.2, -0.15) is 0 Å². The molecule has 3 aromatic rings. The summed E-state index contributed by atoms with van der Waals surface area (Å²) in [5.41, 5.74) is 9.21. The fourth-order valence-corrected chi connectivity index (χ4v) is 5.93. The van der Waals surface area contributed by atoms with Gasteiger partial charge in [0.2, 0.25) is 0 Å². The first-order valence-corrected chi connectivity index (χ1v) is 11.6. The Balaban J connectivity index is 1.31. The smallest absolute Gasteiger partial charge is 0.263 e. The number of hydrogen-bond donors (Lipinski definition) is 1. The number of ether oxygens (including phenoxy) is 1. The molecule has 2 aliphatic heterocycles. The highest BCUT2D eigenvalue weighted by molar-refractivity contribution is 7.17. The molecular formula is C22H23N3O2S2. The summed E-state index contributed by atoms with van der Waals surface area (Å²) in [5.74, 6) is 1.10. The monoisotopic (exact) mass is 425 g/mol. The molecule has 0 unspecified atom stereocenters. The van der Waals surface area contributed by atoms with Crippen molar-refractivity contribution in [3.8, 4) is 16.3 Å². The van der Waals surface area contributed by atoms with Gasteiger partial charge in [-0.1, -0.05) is 12.1 Å². The van der Waals surface area contributed by atoms with Crippen LogP contribution in [0.5, 0.6) is 5.75 Å². The molecule has 1 fully saturated rings. The van der Waals surface area contributed by atoms with Gasteiger partial charge < -0.3 is 15.4 Å². The van der Waals surface area contributed by atoms with E-state index in [2.05, 4.69) is 11.1 Å². The SMILES string of the molecule is Cc1nc(-c2ccc(C(=O)N3CCC4(CC3)COc3ccc(CN)cc34)s2)cs1. The first-order valence-electron chi connectivity index (χ1n) is 9.86. The number of thiophene rings is 1. The molecule has 1 aromatic carbocycles. The maximum Gasteiger partial charge on any atom is 0.263 e. The molecule has 1 amide bonds. The summed E-state index contributed by atoms with van der Waals surface area (Å²) in [6.07, 6.45) is 1.84. The first kappa shape index (κ1) is 18.8. The number of likely N-dealkylation sites (tertiary alicyclic amines) is 1. The third-order valence-corrected chi connectivity index (χ3v) is 7.92. The summed E-state index contributed by atoms with van der Waals surface area (Å²) in [4.78, 5) is 21.4. The fraction of sp³-hybridized carbons (Fsp3) is 0.364. The maximum absolute atomic E-state index is 13.1. The molecule has 2 aliphatic rings. The molecule has 2 aromatic heterocycles. The van der Waals surface area contributed by atoms with Crippen molar-refractivity contribution in [1.29, 1.82) is 0 Å². The van der Waals surface area contributed by atoms with Crippen molar-refractivity contribution in [3.63, 3.8) is 0 Å². The Morgan fingerprint density at radius 3 is 2.83 bits per heavy atom. The molecule has 150 valence electrons. The molecule has 1 saturated heterocycles. The van der Waals surface area contributed by atoms with Gasteiger partial charge in [-0.25, -0.2) is 4.98 Å². The highest BCUT2D eigenvalue weighted by Gasteiger charge is 2.44. The average molecular weight is 426 g/mol.